The molecule has 0 unspecified atom stereocenters. The maximum absolute atomic E-state index is 14.2. The SMILES string of the molecule is COc1cc2c(cc1OCCCOc1cc3c(cc1C)C(=O)N1CCC[C@H]1[C@H](O)N3C(=O)OCc1ccc(CC(=O)[C@H](C)NC(=O)[C@@H](CC(=O)CCOCCOCCOCCOCCOCCOCCOCCOCCN=[N+]=[N-])C(C)C)cc1)N=C[C@@H]1CCCN1C2=O. The van der Waals surface area contributed by atoms with E-state index in [1.807, 2.05) is 25.0 Å². The van der Waals surface area contributed by atoms with Crippen molar-refractivity contribution in [3.8, 4) is 17.2 Å². The molecule has 3 aromatic carbocycles. The first-order valence-electron chi connectivity index (χ1n) is 32.2. The highest BCUT2D eigenvalue weighted by molar-refractivity contribution is 6.06. The van der Waals surface area contributed by atoms with E-state index in [9.17, 15) is 33.9 Å². The van der Waals surface area contributed by atoms with Crippen molar-refractivity contribution in [2.75, 3.05) is 151 Å². The first kappa shape index (κ1) is 73.1. The Kier molecular flexibility index (Phi) is 31.0. The van der Waals surface area contributed by atoms with Crippen molar-refractivity contribution in [2.24, 2.45) is 21.9 Å². The molecule has 0 saturated carbocycles. The van der Waals surface area contributed by atoms with Crippen LogP contribution < -0.4 is 24.4 Å². The average molecular weight is 1300 g/mol. The van der Waals surface area contributed by atoms with Crippen LogP contribution in [-0.2, 0) is 70.0 Å². The summed E-state index contributed by atoms with van der Waals surface area (Å²) < 4.78 is 67.5. The number of carbonyl (C=O) groups is 6. The molecule has 2 saturated heterocycles. The van der Waals surface area contributed by atoms with E-state index in [-0.39, 0.29) is 105 Å². The topological polar surface area (TPSA) is 316 Å². The van der Waals surface area contributed by atoms with Crippen LogP contribution in [0.4, 0.5) is 16.2 Å². The average Bonchev–Trinajstić information content (AvgIpc) is 1.65. The van der Waals surface area contributed by atoms with Crippen molar-refractivity contribution in [3.05, 3.63) is 86.8 Å². The molecule has 0 aromatic heterocycles. The van der Waals surface area contributed by atoms with Crippen LogP contribution in [0.15, 0.2) is 58.6 Å². The largest absolute Gasteiger partial charge is 0.493 e. The molecule has 4 amide bonds. The summed E-state index contributed by atoms with van der Waals surface area (Å²) >= 11 is 0. The number of rotatable bonds is 44. The molecule has 4 aliphatic heterocycles. The fourth-order valence-electron chi connectivity index (χ4n) is 11.0. The van der Waals surface area contributed by atoms with E-state index in [0.29, 0.717) is 177 Å². The number of hydrogen-bond acceptors (Lipinski definition) is 21. The Balaban J connectivity index is 0.758. The monoisotopic (exact) mass is 1300 g/mol. The standard InChI is InChI=1S/C66H92N8O19/c1-45(2)52(39-51(75)15-21-83-23-25-85-27-29-87-31-33-89-35-36-90-34-32-88-30-28-86-26-24-84-22-16-69-71-67)62(77)70-47(4)58(76)38-48-11-13-49(14-12-48)44-93-66(81)74-57-42-59(46(3)37-54(57)64(79)73-18-7-10-56(73)65(74)80)91-19-8-20-92-61-41-55-53(40-60(61)82-5)63(78)72-17-6-9-50(72)43-68-55/h11-14,37,40-43,45,47,50,52,56,65,80H,6-10,15-36,38-39,44H2,1-5H3,(H,70,77)/t47-,50-,52-,56-,65-/m0/s1. The zero-order chi connectivity index (χ0) is 66.3. The highest BCUT2D eigenvalue weighted by atomic mass is 16.6. The minimum Gasteiger partial charge on any atom is -0.493 e. The van der Waals surface area contributed by atoms with Gasteiger partial charge in [0.05, 0.1) is 167 Å². The molecule has 5 atom stereocenters. The smallest absolute Gasteiger partial charge is 0.416 e. The molecule has 510 valence electrons. The molecule has 0 spiro atoms. The molecule has 3 aromatic rings. The second-order valence-electron chi connectivity index (χ2n) is 23.1. The second kappa shape index (κ2) is 39.4. The summed E-state index contributed by atoms with van der Waals surface area (Å²) in [4.78, 5) is 93.2. The summed E-state index contributed by atoms with van der Waals surface area (Å²) in [6, 6.07) is 12.0. The summed E-state index contributed by atoms with van der Waals surface area (Å²) in [5.74, 6) is -0.725. The number of methoxy groups -OCH3 is 1. The number of aryl methyl sites for hydroxylation is 1. The molecule has 0 radical (unpaired) electrons. The number of Topliss-reactive ketones (excluding diaryl/α,β-unsaturated/α-hetero) is 2. The first-order valence-corrected chi connectivity index (χ1v) is 32.2. The van der Waals surface area contributed by atoms with Crippen LogP contribution in [0.25, 0.3) is 10.4 Å². The van der Waals surface area contributed by atoms with Crippen molar-refractivity contribution in [1.29, 1.82) is 0 Å². The minimum absolute atomic E-state index is 0.00184. The lowest BCUT2D eigenvalue weighted by Gasteiger charge is -2.31. The van der Waals surface area contributed by atoms with Gasteiger partial charge in [0.25, 0.3) is 11.8 Å². The van der Waals surface area contributed by atoms with Crippen LogP contribution in [0, 0.1) is 18.8 Å². The van der Waals surface area contributed by atoms with Gasteiger partial charge in [-0.2, -0.15) is 0 Å². The number of aliphatic hydroxyl groups excluding tert-OH is 1. The number of ketones is 2. The fourth-order valence-corrected chi connectivity index (χ4v) is 11.0. The number of benzene rings is 3. The Morgan fingerprint density at radius 2 is 1.25 bits per heavy atom. The summed E-state index contributed by atoms with van der Waals surface area (Å²) in [6.45, 7) is 15.0. The van der Waals surface area contributed by atoms with Crippen LogP contribution in [0.1, 0.15) is 103 Å². The van der Waals surface area contributed by atoms with E-state index in [0.717, 1.165) is 17.7 Å². The highest BCUT2D eigenvalue weighted by Crippen LogP contribution is 2.40. The van der Waals surface area contributed by atoms with Gasteiger partial charge in [-0.15, -0.1) is 0 Å². The molecule has 2 N–H and O–H groups in total. The van der Waals surface area contributed by atoms with Crippen molar-refractivity contribution in [2.45, 2.75) is 110 Å². The molecule has 7 rings (SSSR count). The molecule has 27 nitrogen and oxygen atoms in total. The Labute approximate surface area is 543 Å². The van der Waals surface area contributed by atoms with E-state index < -0.39 is 30.3 Å². The van der Waals surface area contributed by atoms with Crippen molar-refractivity contribution in [3.63, 3.8) is 0 Å². The quantitative estimate of drug-likeness (QED) is 0.0251. The van der Waals surface area contributed by atoms with E-state index >= 15 is 0 Å². The number of aliphatic imine (C=N–C) groups is 1. The lowest BCUT2D eigenvalue weighted by atomic mass is 9.88. The summed E-state index contributed by atoms with van der Waals surface area (Å²) in [5.41, 5.74) is 11.5. The molecule has 93 heavy (non-hydrogen) atoms. The predicted octanol–water partition coefficient (Wildman–Crippen LogP) is 6.93. The van der Waals surface area contributed by atoms with E-state index in [1.165, 1.54) is 7.11 Å². The number of ether oxygens (including phenoxy) is 12. The van der Waals surface area contributed by atoms with Gasteiger partial charge in [0, 0.05) is 74.5 Å². The number of azide groups is 1. The first-order chi connectivity index (χ1) is 45.2. The Bertz CT molecular complexity index is 2980. The van der Waals surface area contributed by atoms with Crippen molar-refractivity contribution >= 4 is 53.0 Å². The van der Waals surface area contributed by atoms with Crippen LogP contribution in [0.5, 0.6) is 17.2 Å². The van der Waals surface area contributed by atoms with Gasteiger partial charge in [-0.3, -0.25) is 29.0 Å². The lowest BCUT2D eigenvalue weighted by molar-refractivity contribution is -0.133. The Hall–Kier alpha value is -7.30. The van der Waals surface area contributed by atoms with Crippen molar-refractivity contribution < 1.29 is 90.7 Å². The van der Waals surface area contributed by atoms with Gasteiger partial charge in [-0.1, -0.05) is 43.2 Å². The second-order valence-corrected chi connectivity index (χ2v) is 23.1. The van der Waals surface area contributed by atoms with Gasteiger partial charge < -0.3 is 77.1 Å². The molecule has 0 bridgehead atoms. The van der Waals surface area contributed by atoms with E-state index in [1.54, 1.807) is 67.3 Å². The summed E-state index contributed by atoms with van der Waals surface area (Å²) in [7, 11) is 1.52. The van der Waals surface area contributed by atoms with Gasteiger partial charge in [0.2, 0.25) is 5.91 Å². The number of nitrogens with zero attached hydrogens (tertiary/aromatic N) is 7. The van der Waals surface area contributed by atoms with Gasteiger partial charge in [0.15, 0.2) is 23.5 Å². The molecule has 2 fully saturated rings. The van der Waals surface area contributed by atoms with E-state index in [2.05, 4.69) is 20.3 Å². The Morgan fingerprint density at radius 3 is 1.85 bits per heavy atom. The minimum atomic E-state index is -1.42. The molecular formula is C66H92N8O19. The number of nitrogens with one attached hydrogen (secondary N) is 1. The van der Waals surface area contributed by atoms with Gasteiger partial charge in [-0.05, 0) is 79.8 Å². The lowest BCUT2D eigenvalue weighted by Crippen LogP contribution is -2.50. The Morgan fingerprint density at radius 1 is 0.688 bits per heavy atom. The van der Waals surface area contributed by atoms with Gasteiger partial charge in [0.1, 0.15) is 18.1 Å². The number of hydrogen-bond donors (Lipinski definition) is 2. The fraction of sp³-hybridized carbons (Fsp3) is 0.621. The number of anilines is 1. The number of aliphatic hydroxyl groups is 1. The molecule has 4 aliphatic rings. The normalized spacial score (nSPS) is 17.2. The predicted molar refractivity (Wildman–Crippen MR) is 341 cm³/mol. The number of carbonyl (C=O) groups excluding carboxylic acids is 6. The zero-order valence-corrected chi connectivity index (χ0v) is 54.3. The van der Waals surface area contributed by atoms with Crippen LogP contribution in [0.3, 0.4) is 0 Å². The van der Waals surface area contributed by atoms with Crippen LogP contribution in [-0.4, -0.2) is 227 Å². The van der Waals surface area contributed by atoms with Gasteiger partial charge >= 0.3 is 6.09 Å². The molecular weight excluding hydrogens is 1210 g/mol. The number of amides is 4. The van der Waals surface area contributed by atoms with Gasteiger partial charge in [-0.25, -0.2) is 9.69 Å². The zero-order valence-electron chi connectivity index (χ0n) is 54.3. The summed E-state index contributed by atoms with van der Waals surface area (Å²) in [6.07, 6.45) is 3.04. The summed E-state index contributed by atoms with van der Waals surface area (Å²) in [5, 5.41) is 18.0. The maximum atomic E-state index is 14.2. The van der Waals surface area contributed by atoms with E-state index in [4.69, 9.17) is 62.4 Å². The third kappa shape index (κ3) is 22.7. The maximum Gasteiger partial charge on any atom is 0.416 e. The van der Waals surface area contributed by atoms with Crippen LogP contribution >= 0.6 is 0 Å². The number of fused-ring (bicyclic) bond motifs is 4. The third-order valence-electron chi connectivity index (χ3n) is 16.1. The molecule has 0 aliphatic carbocycles. The van der Waals surface area contributed by atoms with Crippen LogP contribution in [0.2, 0.25) is 0 Å². The molecule has 27 heteroatoms. The third-order valence-corrected chi connectivity index (χ3v) is 16.1. The molecule has 4 heterocycles. The van der Waals surface area contributed by atoms with Crippen molar-refractivity contribution in [1.82, 2.24) is 15.1 Å². The highest BCUT2D eigenvalue weighted by Gasteiger charge is 2.45.